The summed E-state index contributed by atoms with van der Waals surface area (Å²) in [5, 5.41) is 3.10. The van der Waals surface area contributed by atoms with E-state index in [0.29, 0.717) is 6.54 Å². The van der Waals surface area contributed by atoms with Crippen molar-refractivity contribution in [2.24, 2.45) is 11.8 Å². The van der Waals surface area contributed by atoms with E-state index in [0.717, 1.165) is 12.8 Å². The zero-order valence-corrected chi connectivity index (χ0v) is 8.62. The summed E-state index contributed by atoms with van der Waals surface area (Å²) in [6, 6.07) is 0.236. The second-order valence-electron chi connectivity index (χ2n) is 4.13. The fourth-order valence-corrected chi connectivity index (χ4v) is 2.07. The molecule has 78 valence electrons. The third-order valence-electron chi connectivity index (χ3n) is 3.26. The number of imide groups is 1. The van der Waals surface area contributed by atoms with Crippen LogP contribution in [0.3, 0.4) is 0 Å². The van der Waals surface area contributed by atoms with Gasteiger partial charge in [-0.25, -0.2) is 0 Å². The summed E-state index contributed by atoms with van der Waals surface area (Å²) in [4.78, 5) is 24.6. The Morgan fingerprint density at radius 2 is 2.00 bits per heavy atom. The summed E-state index contributed by atoms with van der Waals surface area (Å²) in [6.45, 7) is 2.59. The number of rotatable bonds is 4. The highest BCUT2D eigenvalue weighted by Gasteiger charge is 2.58. The average Bonchev–Trinajstić information content (AvgIpc) is 2.93. The Labute approximate surface area is 83.6 Å². The molecule has 1 aliphatic carbocycles. The molecule has 1 saturated heterocycles. The molecule has 0 spiro atoms. The minimum atomic E-state index is 0.0388. The van der Waals surface area contributed by atoms with E-state index in [1.165, 1.54) is 4.90 Å². The lowest BCUT2D eigenvalue weighted by Crippen LogP contribution is -2.43. The molecular weight excluding hydrogens is 180 g/mol. The fourth-order valence-electron chi connectivity index (χ4n) is 2.07. The number of nitrogens with zero attached hydrogens (tertiary/aromatic N) is 1. The first kappa shape index (κ1) is 9.65. The van der Waals surface area contributed by atoms with Crippen molar-refractivity contribution in [1.82, 2.24) is 10.2 Å². The Kier molecular flexibility index (Phi) is 2.31. The van der Waals surface area contributed by atoms with Crippen LogP contribution in [0.25, 0.3) is 0 Å². The van der Waals surface area contributed by atoms with Crippen molar-refractivity contribution in [3.05, 3.63) is 0 Å². The molecule has 14 heavy (non-hydrogen) atoms. The van der Waals surface area contributed by atoms with Crippen molar-refractivity contribution in [1.29, 1.82) is 0 Å². The van der Waals surface area contributed by atoms with Crippen molar-refractivity contribution in [2.45, 2.75) is 25.8 Å². The molecule has 1 saturated carbocycles. The molecule has 1 heterocycles. The molecule has 2 amide bonds. The van der Waals surface area contributed by atoms with Gasteiger partial charge in [-0.1, -0.05) is 6.92 Å². The van der Waals surface area contributed by atoms with Gasteiger partial charge in [0.15, 0.2) is 0 Å². The Balaban J connectivity index is 1.98. The topological polar surface area (TPSA) is 49.4 Å². The van der Waals surface area contributed by atoms with Crippen molar-refractivity contribution >= 4 is 11.8 Å². The third kappa shape index (κ3) is 1.34. The zero-order chi connectivity index (χ0) is 10.3. The van der Waals surface area contributed by atoms with E-state index in [1.54, 1.807) is 0 Å². The van der Waals surface area contributed by atoms with Crippen molar-refractivity contribution < 1.29 is 9.59 Å². The Bertz CT molecular complexity index is 253. The van der Waals surface area contributed by atoms with Crippen LogP contribution < -0.4 is 5.32 Å². The molecule has 0 bridgehead atoms. The summed E-state index contributed by atoms with van der Waals surface area (Å²) in [7, 11) is 1.86. The fraction of sp³-hybridized carbons (Fsp3) is 0.800. The minimum Gasteiger partial charge on any atom is -0.315 e. The normalized spacial score (nSPS) is 32.0. The highest BCUT2D eigenvalue weighted by molar-refractivity contribution is 6.08. The number of hydrogen-bond donors (Lipinski definition) is 1. The van der Waals surface area contributed by atoms with E-state index < -0.39 is 0 Å². The number of carbonyl (C=O) groups is 2. The van der Waals surface area contributed by atoms with Gasteiger partial charge in [-0.2, -0.15) is 0 Å². The number of hydrogen-bond acceptors (Lipinski definition) is 3. The molecule has 3 unspecified atom stereocenters. The largest absolute Gasteiger partial charge is 0.315 e. The standard InChI is InChI=1S/C10H16N2O2/c1-3-6(11-2)5-12-9(13)7-4-8(7)10(12)14/h6-8,11H,3-5H2,1-2H3. The average molecular weight is 196 g/mol. The summed E-state index contributed by atoms with van der Waals surface area (Å²) in [5.74, 6) is 0.177. The molecule has 1 aliphatic heterocycles. The van der Waals surface area contributed by atoms with E-state index in [9.17, 15) is 9.59 Å². The number of piperidine rings is 1. The van der Waals surface area contributed by atoms with E-state index in [2.05, 4.69) is 5.32 Å². The van der Waals surface area contributed by atoms with Crippen LogP contribution in [0, 0.1) is 11.8 Å². The summed E-state index contributed by atoms with van der Waals surface area (Å²) >= 11 is 0. The maximum Gasteiger partial charge on any atom is 0.233 e. The van der Waals surface area contributed by atoms with Crippen LogP contribution in [0.4, 0.5) is 0 Å². The van der Waals surface area contributed by atoms with Gasteiger partial charge < -0.3 is 5.32 Å². The number of amides is 2. The van der Waals surface area contributed by atoms with Crippen LogP contribution in [0.2, 0.25) is 0 Å². The molecule has 1 N–H and O–H groups in total. The number of fused-ring (bicyclic) bond motifs is 1. The SMILES string of the molecule is CCC(CN1C(=O)C2CC2C1=O)NC. The molecule has 0 aromatic carbocycles. The van der Waals surface area contributed by atoms with Gasteiger partial charge in [0.1, 0.15) is 0 Å². The molecule has 2 fully saturated rings. The van der Waals surface area contributed by atoms with E-state index in [-0.39, 0.29) is 29.7 Å². The van der Waals surface area contributed by atoms with Crippen molar-refractivity contribution in [2.75, 3.05) is 13.6 Å². The van der Waals surface area contributed by atoms with Gasteiger partial charge in [-0.15, -0.1) is 0 Å². The highest BCUT2D eigenvalue weighted by Crippen LogP contribution is 2.46. The maximum atomic E-state index is 11.6. The molecule has 2 aliphatic rings. The lowest BCUT2D eigenvalue weighted by molar-refractivity contribution is -0.141. The molecule has 0 aromatic rings. The predicted molar refractivity (Wildman–Crippen MR) is 51.5 cm³/mol. The van der Waals surface area contributed by atoms with Crippen LogP contribution in [0.1, 0.15) is 19.8 Å². The number of nitrogens with one attached hydrogen (secondary N) is 1. The number of carbonyl (C=O) groups excluding carboxylic acids is 2. The Morgan fingerprint density at radius 1 is 1.43 bits per heavy atom. The maximum absolute atomic E-state index is 11.6. The Hall–Kier alpha value is -0.900. The monoisotopic (exact) mass is 196 g/mol. The molecular formula is C10H16N2O2. The number of likely N-dealkylation sites (N-methyl/N-ethyl adjacent to an activating group) is 1. The molecule has 3 atom stereocenters. The molecule has 0 radical (unpaired) electrons. The van der Waals surface area contributed by atoms with Gasteiger partial charge in [0, 0.05) is 12.6 Å². The smallest absolute Gasteiger partial charge is 0.233 e. The van der Waals surface area contributed by atoms with Crippen LogP contribution >= 0.6 is 0 Å². The second kappa shape index (κ2) is 3.35. The quantitative estimate of drug-likeness (QED) is 0.643. The van der Waals surface area contributed by atoms with E-state index in [1.807, 2.05) is 14.0 Å². The first-order chi connectivity index (χ1) is 6.69. The summed E-state index contributed by atoms with van der Waals surface area (Å²) < 4.78 is 0. The van der Waals surface area contributed by atoms with Crippen molar-refractivity contribution in [3.8, 4) is 0 Å². The van der Waals surface area contributed by atoms with Gasteiger partial charge >= 0.3 is 0 Å². The summed E-state index contributed by atoms with van der Waals surface area (Å²) in [6.07, 6.45) is 1.73. The lowest BCUT2D eigenvalue weighted by atomic mass is 10.2. The highest BCUT2D eigenvalue weighted by atomic mass is 16.2. The van der Waals surface area contributed by atoms with Gasteiger partial charge in [0.25, 0.3) is 0 Å². The molecule has 4 heteroatoms. The number of likely N-dealkylation sites (tertiary alicyclic amines) is 1. The van der Waals surface area contributed by atoms with Gasteiger partial charge in [-0.05, 0) is 19.9 Å². The second-order valence-corrected chi connectivity index (χ2v) is 4.13. The zero-order valence-electron chi connectivity index (χ0n) is 8.62. The van der Waals surface area contributed by atoms with Crippen LogP contribution in [-0.2, 0) is 9.59 Å². The van der Waals surface area contributed by atoms with Crippen molar-refractivity contribution in [3.63, 3.8) is 0 Å². The minimum absolute atomic E-state index is 0.0388. The van der Waals surface area contributed by atoms with Crippen LogP contribution in [0.5, 0.6) is 0 Å². The van der Waals surface area contributed by atoms with Gasteiger partial charge in [-0.3, -0.25) is 14.5 Å². The lowest BCUT2D eigenvalue weighted by Gasteiger charge is -2.22. The first-order valence-electron chi connectivity index (χ1n) is 5.21. The van der Waals surface area contributed by atoms with E-state index in [4.69, 9.17) is 0 Å². The van der Waals surface area contributed by atoms with Crippen LogP contribution in [0.15, 0.2) is 0 Å². The van der Waals surface area contributed by atoms with E-state index >= 15 is 0 Å². The van der Waals surface area contributed by atoms with Gasteiger partial charge in [0.2, 0.25) is 11.8 Å². The third-order valence-corrected chi connectivity index (χ3v) is 3.26. The Morgan fingerprint density at radius 3 is 2.43 bits per heavy atom. The van der Waals surface area contributed by atoms with Crippen LogP contribution in [-0.4, -0.2) is 36.3 Å². The first-order valence-corrected chi connectivity index (χ1v) is 5.21. The summed E-state index contributed by atoms with van der Waals surface area (Å²) in [5.41, 5.74) is 0. The molecule has 0 aromatic heterocycles. The predicted octanol–water partition coefficient (Wildman–Crippen LogP) is -0.0107. The molecule has 2 rings (SSSR count). The van der Waals surface area contributed by atoms with Gasteiger partial charge in [0.05, 0.1) is 11.8 Å². The molecule has 4 nitrogen and oxygen atoms in total.